The third kappa shape index (κ3) is 1.19. The molecule has 82 valence electrons. The van der Waals surface area contributed by atoms with Crippen LogP contribution in [0, 0.1) is 0 Å². The monoisotopic (exact) mass is 216 g/mol. The summed E-state index contributed by atoms with van der Waals surface area (Å²) in [6, 6.07) is 6.84. The number of hydrogen-bond acceptors (Lipinski definition) is 2. The summed E-state index contributed by atoms with van der Waals surface area (Å²) in [6.45, 7) is 0. The summed E-state index contributed by atoms with van der Waals surface area (Å²) in [5.74, 6) is 0.115. The molecule has 2 N–H and O–H groups in total. The van der Waals surface area contributed by atoms with E-state index >= 15 is 0 Å². The zero-order valence-electron chi connectivity index (χ0n) is 8.73. The van der Waals surface area contributed by atoms with Crippen LogP contribution in [0.15, 0.2) is 29.1 Å². The maximum atomic E-state index is 12.0. The van der Waals surface area contributed by atoms with Crippen molar-refractivity contribution in [3.63, 3.8) is 0 Å². The van der Waals surface area contributed by atoms with E-state index in [4.69, 9.17) is 0 Å². The van der Waals surface area contributed by atoms with Crippen LogP contribution in [-0.2, 0) is 12.8 Å². The minimum atomic E-state index is -0.0333. The van der Waals surface area contributed by atoms with E-state index in [1.807, 2.05) is 0 Å². The fourth-order valence-corrected chi connectivity index (χ4v) is 2.25. The normalized spacial score (nSPS) is 14.0. The fraction of sp³-hybridized carbons (Fsp3) is 0.250. The van der Waals surface area contributed by atoms with E-state index in [0.717, 1.165) is 30.5 Å². The second kappa shape index (κ2) is 3.27. The third-order valence-electron chi connectivity index (χ3n) is 3.05. The zero-order chi connectivity index (χ0) is 11.1. The van der Waals surface area contributed by atoms with E-state index in [9.17, 15) is 9.90 Å². The summed E-state index contributed by atoms with van der Waals surface area (Å²) in [4.78, 5) is 12.0. The molecule has 0 spiro atoms. The first-order valence-electron chi connectivity index (χ1n) is 5.38. The van der Waals surface area contributed by atoms with Gasteiger partial charge >= 0.3 is 0 Å². The van der Waals surface area contributed by atoms with Crippen molar-refractivity contribution in [2.45, 2.75) is 19.3 Å². The molecule has 0 fully saturated rings. The first-order chi connectivity index (χ1) is 7.77. The number of rotatable bonds is 1. The van der Waals surface area contributed by atoms with Gasteiger partial charge in [-0.3, -0.25) is 9.89 Å². The average molecular weight is 216 g/mol. The van der Waals surface area contributed by atoms with Gasteiger partial charge in [-0.05, 0) is 31.4 Å². The van der Waals surface area contributed by atoms with Crippen molar-refractivity contribution in [2.24, 2.45) is 0 Å². The van der Waals surface area contributed by atoms with Crippen LogP contribution < -0.4 is 5.56 Å². The van der Waals surface area contributed by atoms with Crippen molar-refractivity contribution < 1.29 is 5.11 Å². The summed E-state index contributed by atoms with van der Waals surface area (Å²) in [6.07, 6.45) is 2.80. The molecule has 1 aromatic heterocycles. The van der Waals surface area contributed by atoms with E-state index in [0.29, 0.717) is 5.69 Å². The Hall–Kier alpha value is -1.97. The minimum Gasteiger partial charge on any atom is -0.506 e. The molecule has 0 atom stereocenters. The van der Waals surface area contributed by atoms with Gasteiger partial charge < -0.3 is 5.11 Å². The lowest BCUT2D eigenvalue weighted by Crippen LogP contribution is -2.17. The summed E-state index contributed by atoms with van der Waals surface area (Å²) < 4.78 is 1.43. The Morgan fingerprint density at radius 3 is 2.81 bits per heavy atom. The van der Waals surface area contributed by atoms with Crippen molar-refractivity contribution in [2.75, 3.05) is 0 Å². The van der Waals surface area contributed by atoms with Crippen molar-refractivity contribution in [3.8, 4) is 11.4 Å². The van der Waals surface area contributed by atoms with E-state index in [1.54, 1.807) is 24.3 Å². The summed E-state index contributed by atoms with van der Waals surface area (Å²) >= 11 is 0. The molecule has 0 bridgehead atoms. The molecule has 0 radical (unpaired) electrons. The molecular weight excluding hydrogens is 204 g/mol. The Labute approximate surface area is 92.1 Å². The van der Waals surface area contributed by atoms with Gasteiger partial charge in [-0.25, -0.2) is 4.68 Å². The van der Waals surface area contributed by atoms with Gasteiger partial charge in [0.1, 0.15) is 11.4 Å². The number of aromatic amines is 1. The molecule has 0 amide bonds. The molecule has 0 saturated carbocycles. The molecule has 3 rings (SSSR count). The van der Waals surface area contributed by atoms with E-state index in [2.05, 4.69) is 5.10 Å². The van der Waals surface area contributed by atoms with Gasteiger partial charge in [-0.1, -0.05) is 12.1 Å². The van der Waals surface area contributed by atoms with Crippen LogP contribution in [0.1, 0.15) is 17.7 Å². The largest absolute Gasteiger partial charge is 0.506 e. The Balaban J connectivity index is 2.22. The van der Waals surface area contributed by atoms with Gasteiger partial charge in [0.15, 0.2) is 0 Å². The molecule has 1 aromatic carbocycles. The zero-order valence-corrected chi connectivity index (χ0v) is 8.73. The number of phenolic OH excluding ortho intramolecular Hbond substituents is 1. The topological polar surface area (TPSA) is 58.0 Å². The van der Waals surface area contributed by atoms with Crippen LogP contribution in [0.25, 0.3) is 5.69 Å². The lowest BCUT2D eigenvalue weighted by Gasteiger charge is -2.04. The number of para-hydroxylation sites is 2. The van der Waals surface area contributed by atoms with Gasteiger partial charge in [-0.2, -0.15) is 0 Å². The molecule has 1 aliphatic carbocycles. The highest BCUT2D eigenvalue weighted by molar-refractivity contribution is 5.45. The van der Waals surface area contributed by atoms with Crippen LogP contribution in [0.2, 0.25) is 0 Å². The van der Waals surface area contributed by atoms with Crippen LogP contribution >= 0.6 is 0 Å². The molecule has 0 saturated heterocycles. The maximum Gasteiger partial charge on any atom is 0.274 e. The quantitative estimate of drug-likeness (QED) is 0.756. The predicted molar refractivity (Wildman–Crippen MR) is 60.1 cm³/mol. The second-order valence-electron chi connectivity index (χ2n) is 4.05. The number of aromatic nitrogens is 2. The smallest absolute Gasteiger partial charge is 0.274 e. The van der Waals surface area contributed by atoms with Crippen molar-refractivity contribution >= 4 is 0 Å². The number of fused-ring (bicyclic) bond motifs is 1. The molecule has 16 heavy (non-hydrogen) atoms. The number of hydrogen-bond donors (Lipinski definition) is 2. The van der Waals surface area contributed by atoms with Crippen molar-refractivity contribution in [1.29, 1.82) is 0 Å². The summed E-state index contributed by atoms with van der Waals surface area (Å²) in [7, 11) is 0. The number of nitrogens with zero attached hydrogens (tertiary/aromatic N) is 1. The second-order valence-corrected chi connectivity index (χ2v) is 4.05. The number of aromatic hydroxyl groups is 1. The molecule has 1 aliphatic rings. The SMILES string of the molecule is O=c1c2c([nH]n1-c1ccccc1O)CCC2. The summed E-state index contributed by atoms with van der Waals surface area (Å²) in [5, 5.41) is 12.8. The Kier molecular flexibility index (Phi) is 1.89. The van der Waals surface area contributed by atoms with Crippen LogP contribution in [-0.4, -0.2) is 14.9 Å². The van der Waals surface area contributed by atoms with Crippen molar-refractivity contribution in [3.05, 3.63) is 45.9 Å². The minimum absolute atomic E-state index is 0.0333. The first-order valence-corrected chi connectivity index (χ1v) is 5.38. The number of benzene rings is 1. The number of phenols is 1. The van der Waals surface area contributed by atoms with E-state index < -0.39 is 0 Å². The number of aryl methyl sites for hydroxylation is 1. The molecule has 4 heteroatoms. The van der Waals surface area contributed by atoms with Gasteiger partial charge in [0.05, 0.1) is 0 Å². The highest BCUT2D eigenvalue weighted by atomic mass is 16.3. The van der Waals surface area contributed by atoms with Crippen LogP contribution in [0.4, 0.5) is 0 Å². The highest BCUT2D eigenvalue weighted by Crippen LogP contribution is 2.22. The summed E-state index contributed by atoms with van der Waals surface area (Å²) in [5.41, 5.74) is 2.35. The predicted octanol–water partition coefficient (Wildman–Crippen LogP) is 1.36. The average Bonchev–Trinajstić information content (AvgIpc) is 2.83. The van der Waals surface area contributed by atoms with Gasteiger partial charge in [0, 0.05) is 11.3 Å². The van der Waals surface area contributed by atoms with Crippen LogP contribution in [0.5, 0.6) is 5.75 Å². The first kappa shape index (κ1) is 9.27. The van der Waals surface area contributed by atoms with Crippen molar-refractivity contribution in [1.82, 2.24) is 9.78 Å². The molecule has 4 nitrogen and oxygen atoms in total. The molecule has 0 unspecified atom stereocenters. The third-order valence-corrected chi connectivity index (χ3v) is 3.05. The molecule has 1 heterocycles. The Bertz CT molecular complexity index is 595. The van der Waals surface area contributed by atoms with Crippen LogP contribution in [0.3, 0.4) is 0 Å². The number of nitrogens with one attached hydrogen (secondary N) is 1. The van der Waals surface area contributed by atoms with E-state index in [1.165, 1.54) is 4.68 Å². The van der Waals surface area contributed by atoms with E-state index in [-0.39, 0.29) is 11.3 Å². The molecule has 2 aromatic rings. The fourth-order valence-electron chi connectivity index (χ4n) is 2.25. The van der Waals surface area contributed by atoms with Gasteiger partial charge in [-0.15, -0.1) is 0 Å². The molecular formula is C12H12N2O2. The van der Waals surface area contributed by atoms with Gasteiger partial charge in [0.2, 0.25) is 0 Å². The highest BCUT2D eigenvalue weighted by Gasteiger charge is 2.20. The Morgan fingerprint density at radius 2 is 2.06 bits per heavy atom. The lowest BCUT2D eigenvalue weighted by atomic mass is 10.2. The molecule has 0 aliphatic heterocycles. The van der Waals surface area contributed by atoms with Gasteiger partial charge in [0.25, 0.3) is 5.56 Å². The maximum absolute atomic E-state index is 12.0. The lowest BCUT2D eigenvalue weighted by molar-refractivity contribution is 0.469. The standard InChI is InChI=1S/C12H12N2O2/c15-11-7-2-1-6-10(11)14-12(16)8-4-3-5-9(8)13-14/h1-2,6-7,13,15H,3-5H2. The number of H-pyrrole nitrogens is 1. The Morgan fingerprint density at radius 1 is 1.25 bits per heavy atom.